The van der Waals surface area contributed by atoms with Crippen molar-refractivity contribution in [2.75, 3.05) is 7.11 Å². The Morgan fingerprint density at radius 3 is 2.64 bits per heavy atom. The first-order valence-corrected chi connectivity index (χ1v) is 9.83. The number of aromatic nitrogens is 3. The summed E-state index contributed by atoms with van der Waals surface area (Å²) >= 11 is 1.42. The average molecular weight is 391 g/mol. The minimum atomic E-state index is -0.263. The largest absolute Gasteiger partial charge is 0.496 e. The van der Waals surface area contributed by atoms with Crippen LogP contribution in [0.4, 0.5) is 0 Å². The number of benzene rings is 2. The van der Waals surface area contributed by atoms with E-state index in [1.54, 1.807) is 13.2 Å². The standard InChI is InChI=1S/C22H22N4OS/c1-4-13-26-21(19-7-5-6-8-20(19)27-3)24-25-22(26)28-18(15-23)14-17-11-9-16(2)10-12-17/h4-12,18H,1,13-14H2,2-3H3. The molecule has 5 nitrogen and oxygen atoms in total. The predicted octanol–water partition coefficient (Wildman–Crippen LogP) is 4.68. The fourth-order valence-electron chi connectivity index (χ4n) is 2.88. The Labute approximate surface area is 169 Å². The molecule has 0 aliphatic rings. The maximum atomic E-state index is 9.66. The van der Waals surface area contributed by atoms with Crippen LogP contribution in [0.3, 0.4) is 0 Å². The first-order chi connectivity index (χ1) is 13.7. The zero-order valence-electron chi connectivity index (χ0n) is 16.0. The van der Waals surface area contributed by atoms with Gasteiger partial charge in [-0.15, -0.1) is 16.8 Å². The van der Waals surface area contributed by atoms with E-state index in [-0.39, 0.29) is 5.25 Å². The number of nitrogens with zero attached hydrogens (tertiary/aromatic N) is 4. The second-order valence-electron chi connectivity index (χ2n) is 6.33. The van der Waals surface area contributed by atoms with Crippen molar-refractivity contribution in [2.45, 2.75) is 30.3 Å². The molecule has 1 unspecified atom stereocenters. The van der Waals surface area contributed by atoms with Gasteiger partial charge in [-0.2, -0.15) is 5.26 Å². The summed E-state index contributed by atoms with van der Waals surface area (Å²) in [5, 5.41) is 18.8. The Kier molecular flexibility index (Phi) is 6.51. The van der Waals surface area contributed by atoms with Crippen molar-refractivity contribution >= 4 is 11.8 Å². The van der Waals surface area contributed by atoms with Crippen molar-refractivity contribution in [3.63, 3.8) is 0 Å². The van der Waals surface area contributed by atoms with Gasteiger partial charge in [0.2, 0.25) is 0 Å². The Hall–Kier alpha value is -3.04. The molecule has 3 rings (SSSR count). The van der Waals surface area contributed by atoms with Gasteiger partial charge in [-0.1, -0.05) is 59.8 Å². The number of hydrogen-bond acceptors (Lipinski definition) is 5. The number of allylic oxidation sites excluding steroid dienone is 1. The number of ether oxygens (including phenoxy) is 1. The molecule has 1 atom stereocenters. The van der Waals surface area contributed by atoms with Gasteiger partial charge in [-0.25, -0.2) is 0 Å². The van der Waals surface area contributed by atoms with E-state index in [2.05, 4.69) is 54.0 Å². The Bertz CT molecular complexity index is 989. The minimum Gasteiger partial charge on any atom is -0.496 e. The molecular weight excluding hydrogens is 368 g/mol. The van der Waals surface area contributed by atoms with Crippen LogP contribution in [0.5, 0.6) is 5.75 Å². The van der Waals surface area contributed by atoms with E-state index in [1.165, 1.54) is 17.3 Å². The van der Waals surface area contributed by atoms with Gasteiger partial charge in [0, 0.05) is 6.54 Å². The summed E-state index contributed by atoms with van der Waals surface area (Å²) in [6, 6.07) is 18.3. The lowest BCUT2D eigenvalue weighted by Gasteiger charge is -2.12. The molecule has 142 valence electrons. The first kappa shape index (κ1) is 19.7. The highest BCUT2D eigenvalue weighted by Gasteiger charge is 2.20. The topological polar surface area (TPSA) is 63.7 Å². The average Bonchev–Trinajstić information content (AvgIpc) is 3.11. The summed E-state index contributed by atoms with van der Waals surface area (Å²) in [7, 11) is 1.63. The van der Waals surface area contributed by atoms with Crippen molar-refractivity contribution < 1.29 is 4.74 Å². The van der Waals surface area contributed by atoms with Crippen LogP contribution in [0.2, 0.25) is 0 Å². The van der Waals surface area contributed by atoms with E-state index in [0.717, 1.165) is 16.9 Å². The van der Waals surface area contributed by atoms with Gasteiger partial charge in [0.05, 0.1) is 18.7 Å². The molecule has 3 aromatic rings. The highest BCUT2D eigenvalue weighted by molar-refractivity contribution is 8.00. The highest BCUT2D eigenvalue weighted by atomic mass is 32.2. The molecule has 6 heteroatoms. The van der Waals surface area contributed by atoms with Gasteiger partial charge >= 0.3 is 0 Å². The van der Waals surface area contributed by atoms with Crippen LogP contribution < -0.4 is 4.74 Å². The lowest BCUT2D eigenvalue weighted by Crippen LogP contribution is -2.08. The van der Waals surface area contributed by atoms with Crippen molar-refractivity contribution in [3.05, 3.63) is 72.3 Å². The van der Waals surface area contributed by atoms with E-state index in [0.29, 0.717) is 23.9 Å². The van der Waals surface area contributed by atoms with E-state index in [9.17, 15) is 5.26 Å². The van der Waals surface area contributed by atoms with Crippen LogP contribution in [0.15, 0.2) is 66.3 Å². The summed E-state index contributed by atoms with van der Waals surface area (Å²) in [5.74, 6) is 1.43. The number of nitriles is 1. The third-order valence-corrected chi connectivity index (χ3v) is 5.38. The number of rotatable bonds is 8. The molecule has 0 saturated heterocycles. The van der Waals surface area contributed by atoms with E-state index >= 15 is 0 Å². The van der Waals surface area contributed by atoms with Crippen molar-refractivity contribution in [1.29, 1.82) is 5.26 Å². The normalized spacial score (nSPS) is 11.6. The Morgan fingerprint density at radius 2 is 1.96 bits per heavy atom. The summed E-state index contributed by atoms with van der Waals surface area (Å²) in [6.45, 7) is 6.45. The lowest BCUT2D eigenvalue weighted by molar-refractivity contribution is 0.416. The van der Waals surface area contributed by atoms with Crippen LogP contribution >= 0.6 is 11.8 Å². The smallest absolute Gasteiger partial charge is 0.193 e. The Morgan fingerprint density at radius 1 is 1.21 bits per heavy atom. The molecule has 0 saturated carbocycles. The monoisotopic (exact) mass is 390 g/mol. The third-order valence-electron chi connectivity index (χ3n) is 4.31. The van der Waals surface area contributed by atoms with E-state index < -0.39 is 0 Å². The molecule has 28 heavy (non-hydrogen) atoms. The number of hydrogen-bond donors (Lipinski definition) is 0. The van der Waals surface area contributed by atoms with Crippen LogP contribution in [0, 0.1) is 18.3 Å². The lowest BCUT2D eigenvalue weighted by atomic mass is 10.1. The maximum Gasteiger partial charge on any atom is 0.193 e. The molecule has 0 fully saturated rings. The van der Waals surface area contributed by atoms with Gasteiger partial charge in [-0.3, -0.25) is 4.57 Å². The van der Waals surface area contributed by atoms with Crippen LogP contribution in [-0.4, -0.2) is 27.1 Å². The van der Waals surface area contributed by atoms with E-state index in [4.69, 9.17) is 4.74 Å². The van der Waals surface area contributed by atoms with Crippen LogP contribution in [-0.2, 0) is 13.0 Å². The molecule has 0 spiro atoms. The fourth-order valence-corrected chi connectivity index (χ4v) is 3.84. The summed E-state index contributed by atoms with van der Waals surface area (Å²) in [5.41, 5.74) is 3.19. The molecule has 1 heterocycles. The molecule has 0 aliphatic heterocycles. The molecular formula is C22H22N4OS. The zero-order valence-corrected chi connectivity index (χ0v) is 16.8. The van der Waals surface area contributed by atoms with Gasteiger partial charge in [-0.05, 0) is 31.0 Å². The maximum absolute atomic E-state index is 9.66. The number of methoxy groups -OCH3 is 1. The predicted molar refractivity (Wildman–Crippen MR) is 112 cm³/mol. The molecule has 0 amide bonds. The first-order valence-electron chi connectivity index (χ1n) is 8.95. The second kappa shape index (κ2) is 9.25. The number of para-hydroxylation sites is 1. The summed E-state index contributed by atoms with van der Waals surface area (Å²) in [6.07, 6.45) is 2.44. The van der Waals surface area contributed by atoms with E-state index in [1.807, 2.05) is 28.8 Å². The molecule has 0 radical (unpaired) electrons. The Balaban J connectivity index is 1.89. The SMILES string of the molecule is C=CCn1c(SC(C#N)Cc2ccc(C)cc2)nnc1-c1ccccc1OC. The molecule has 0 N–H and O–H groups in total. The van der Waals surface area contributed by atoms with Crippen LogP contribution in [0.25, 0.3) is 11.4 Å². The molecule has 0 bridgehead atoms. The third kappa shape index (κ3) is 4.44. The molecule has 1 aromatic heterocycles. The molecule has 2 aromatic carbocycles. The highest BCUT2D eigenvalue weighted by Crippen LogP contribution is 2.32. The van der Waals surface area contributed by atoms with Crippen molar-refractivity contribution in [2.24, 2.45) is 0 Å². The van der Waals surface area contributed by atoms with Crippen LogP contribution in [0.1, 0.15) is 11.1 Å². The zero-order chi connectivity index (χ0) is 19.9. The van der Waals surface area contributed by atoms with Crippen molar-refractivity contribution in [3.8, 4) is 23.2 Å². The van der Waals surface area contributed by atoms with Gasteiger partial charge in [0.15, 0.2) is 11.0 Å². The fraction of sp³-hybridized carbons (Fsp3) is 0.227. The van der Waals surface area contributed by atoms with Gasteiger partial charge in [0.1, 0.15) is 11.0 Å². The minimum absolute atomic E-state index is 0.263. The van der Waals surface area contributed by atoms with Gasteiger partial charge in [0.25, 0.3) is 0 Å². The second-order valence-corrected chi connectivity index (χ2v) is 7.50. The number of thioether (sulfide) groups is 1. The summed E-state index contributed by atoms with van der Waals surface area (Å²) < 4.78 is 7.43. The van der Waals surface area contributed by atoms with Crippen molar-refractivity contribution in [1.82, 2.24) is 14.8 Å². The summed E-state index contributed by atoms with van der Waals surface area (Å²) in [4.78, 5) is 0. The van der Waals surface area contributed by atoms with Gasteiger partial charge < -0.3 is 4.74 Å². The molecule has 0 aliphatic carbocycles. The quantitative estimate of drug-likeness (QED) is 0.413. The number of aryl methyl sites for hydroxylation is 1.